The number of fused-ring (bicyclic) bond motifs is 1. The van der Waals surface area contributed by atoms with Crippen molar-refractivity contribution in [1.82, 2.24) is 4.90 Å². The molecule has 2 aliphatic rings. The third-order valence-corrected chi connectivity index (χ3v) is 5.03. The summed E-state index contributed by atoms with van der Waals surface area (Å²) in [6.07, 6.45) is 2.41. The first-order chi connectivity index (χ1) is 11.0. The lowest BCUT2D eigenvalue weighted by Crippen LogP contribution is -2.41. The third kappa shape index (κ3) is 3.07. The Balaban J connectivity index is 1.68. The molecule has 0 bridgehead atoms. The second kappa shape index (κ2) is 6.26. The van der Waals surface area contributed by atoms with Crippen LogP contribution in [0.15, 0.2) is 12.1 Å². The summed E-state index contributed by atoms with van der Waals surface area (Å²) >= 11 is 0. The summed E-state index contributed by atoms with van der Waals surface area (Å²) in [7, 11) is 0. The molecular formula is C17H19F2NO3. The van der Waals surface area contributed by atoms with Crippen LogP contribution < -0.4 is 0 Å². The van der Waals surface area contributed by atoms with Gasteiger partial charge in [-0.15, -0.1) is 0 Å². The summed E-state index contributed by atoms with van der Waals surface area (Å²) in [5.74, 6) is -2.34. The van der Waals surface area contributed by atoms with Gasteiger partial charge in [0.25, 0.3) is 0 Å². The highest BCUT2D eigenvalue weighted by atomic mass is 19.1. The predicted octanol–water partition coefficient (Wildman–Crippen LogP) is 2.74. The van der Waals surface area contributed by atoms with Crippen LogP contribution in [0, 0.1) is 23.5 Å². The highest BCUT2D eigenvalue weighted by molar-refractivity contribution is 5.80. The summed E-state index contributed by atoms with van der Waals surface area (Å²) < 4.78 is 27.6. The van der Waals surface area contributed by atoms with Crippen LogP contribution in [0.25, 0.3) is 0 Å². The Bertz CT molecular complexity index is 639. The van der Waals surface area contributed by atoms with E-state index >= 15 is 0 Å². The van der Waals surface area contributed by atoms with Gasteiger partial charge in [0.15, 0.2) is 0 Å². The quantitative estimate of drug-likeness (QED) is 0.910. The van der Waals surface area contributed by atoms with Crippen molar-refractivity contribution in [3.63, 3.8) is 0 Å². The standard InChI is InChI=1S/C17H19F2NO3/c18-14-5-6-15(19)13-9-20(8-7-12(13)14)16(21)10-1-3-11(4-2-10)17(22)23/h5-6,10-11H,1-4,7-9H2,(H,22,23). The van der Waals surface area contributed by atoms with E-state index in [1.807, 2.05) is 0 Å². The van der Waals surface area contributed by atoms with Crippen LogP contribution >= 0.6 is 0 Å². The Kier molecular flexibility index (Phi) is 4.33. The van der Waals surface area contributed by atoms with Crippen LogP contribution in [0.5, 0.6) is 0 Å². The largest absolute Gasteiger partial charge is 0.481 e. The fourth-order valence-electron chi connectivity index (χ4n) is 3.63. The van der Waals surface area contributed by atoms with E-state index in [1.165, 1.54) is 0 Å². The number of carbonyl (C=O) groups excluding carboxylic acids is 1. The molecule has 1 aromatic carbocycles. The topological polar surface area (TPSA) is 57.6 Å². The van der Waals surface area contributed by atoms with E-state index in [1.54, 1.807) is 4.90 Å². The SMILES string of the molecule is O=C(O)C1CCC(C(=O)N2CCc3c(F)ccc(F)c3C2)CC1. The molecule has 1 heterocycles. The lowest BCUT2D eigenvalue weighted by atomic mass is 9.81. The maximum Gasteiger partial charge on any atom is 0.306 e. The minimum Gasteiger partial charge on any atom is -0.481 e. The Morgan fingerprint density at radius 2 is 1.57 bits per heavy atom. The van der Waals surface area contributed by atoms with Crippen molar-refractivity contribution in [2.75, 3.05) is 6.54 Å². The van der Waals surface area contributed by atoms with E-state index in [0.717, 1.165) is 12.1 Å². The third-order valence-electron chi connectivity index (χ3n) is 5.03. The van der Waals surface area contributed by atoms with Crippen molar-refractivity contribution in [2.45, 2.75) is 38.6 Å². The summed E-state index contributed by atoms with van der Waals surface area (Å²) in [5.41, 5.74) is 0.632. The fourth-order valence-corrected chi connectivity index (χ4v) is 3.63. The molecule has 1 aromatic rings. The second-order valence-corrected chi connectivity index (χ2v) is 6.38. The maximum atomic E-state index is 13.9. The fraction of sp³-hybridized carbons (Fsp3) is 0.529. The summed E-state index contributed by atoms with van der Waals surface area (Å²) in [6, 6.07) is 2.22. The van der Waals surface area contributed by atoms with Crippen LogP contribution in [-0.4, -0.2) is 28.4 Å². The average Bonchev–Trinajstić information content (AvgIpc) is 2.57. The van der Waals surface area contributed by atoms with Gasteiger partial charge in [0.05, 0.1) is 5.92 Å². The zero-order valence-electron chi connectivity index (χ0n) is 12.7. The van der Waals surface area contributed by atoms with Crippen LogP contribution in [0.2, 0.25) is 0 Å². The van der Waals surface area contributed by atoms with Crippen LogP contribution in [0.4, 0.5) is 8.78 Å². The number of halogens is 2. The van der Waals surface area contributed by atoms with Gasteiger partial charge in [-0.3, -0.25) is 9.59 Å². The molecule has 1 aliphatic carbocycles. The van der Waals surface area contributed by atoms with Gasteiger partial charge in [-0.2, -0.15) is 0 Å². The van der Waals surface area contributed by atoms with Gasteiger partial charge >= 0.3 is 5.97 Å². The Hall–Kier alpha value is -1.98. The first kappa shape index (κ1) is 15.9. The highest BCUT2D eigenvalue weighted by Crippen LogP contribution is 2.32. The molecule has 0 unspecified atom stereocenters. The molecule has 1 amide bonds. The molecule has 3 rings (SSSR count). The molecule has 23 heavy (non-hydrogen) atoms. The van der Waals surface area contributed by atoms with E-state index in [0.29, 0.717) is 44.2 Å². The number of carboxylic acid groups (broad SMARTS) is 1. The molecule has 6 heteroatoms. The number of amides is 1. The van der Waals surface area contributed by atoms with Crippen molar-refractivity contribution in [3.05, 3.63) is 34.9 Å². The molecule has 124 valence electrons. The smallest absolute Gasteiger partial charge is 0.306 e. The Labute approximate surface area is 133 Å². The molecule has 0 spiro atoms. The zero-order valence-corrected chi connectivity index (χ0v) is 12.7. The van der Waals surface area contributed by atoms with E-state index in [9.17, 15) is 18.4 Å². The van der Waals surface area contributed by atoms with Gasteiger partial charge in [0.1, 0.15) is 11.6 Å². The molecule has 0 radical (unpaired) electrons. The minimum atomic E-state index is -0.805. The molecule has 1 aliphatic heterocycles. The number of aliphatic carboxylic acids is 1. The molecule has 1 saturated carbocycles. The molecule has 4 nitrogen and oxygen atoms in total. The van der Waals surface area contributed by atoms with E-state index in [2.05, 4.69) is 0 Å². The van der Waals surface area contributed by atoms with Crippen molar-refractivity contribution in [3.8, 4) is 0 Å². The second-order valence-electron chi connectivity index (χ2n) is 6.38. The highest BCUT2D eigenvalue weighted by Gasteiger charge is 2.34. The van der Waals surface area contributed by atoms with Crippen molar-refractivity contribution in [2.24, 2.45) is 11.8 Å². The van der Waals surface area contributed by atoms with Crippen molar-refractivity contribution in [1.29, 1.82) is 0 Å². The average molecular weight is 323 g/mol. The summed E-state index contributed by atoms with van der Waals surface area (Å²) in [6.45, 7) is 0.474. The zero-order chi connectivity index (χ0) is 16.6. The van der Waals surface area contributed by atoms with Crippen molar-refractivity contribution < 1.29 is 23.5 Å². The van der Waals surface area contributed by atoms with Gasteiger partial charge in [-0.05, 0) is 49.8 Å². The van der Waals surface area contributed by atoms with Gasteiger partial charge in [0.2, 0.25) is 5.91 Å². The van der Waals surface area contributed by atoms with Gasteiger partial charge < -0.3 is 10.0 Å². The molecule has 0 atom stereocenters. The lowest BCUT2D eigenvalue weighted by Gasteiger charge is -2.34. The van der Waals surface area contributed by atoms with Crippen LogP contribution in [0.1, 0.15) is 36.8 Å². The van der Waals surface area contributed by atoms with E-state index in [4.69, 9.17) is 5.11 Å². The van der Waals surface area contributed by atoms with Crippen LogP contribution in [-0.2, 0) is 22.6 Å². The van der Waals surface area contributed by atoms with Gasteiger partial charge in [-0.25, -0.2) is 8.78 Å². The Morgan fingerprint density at radius 3 is 2.17 bits per heavy atom. The number of benzene rings is 1. The number of hydrogen-bond acceptors (Lipinski definition) is 2. The summed E-state index contributed by atoms with van der Waals surface area (Å²) in [4.78, 5) is 25.1. The maximum absolute atomic E-state index is 13.9. The molecular weight excluding hydrogens is 304 g/mol. The monoisotopic (exact) mass is 323 g/mol. The van der Waals surface area contributed by atoms with Gasteiger partial charge in [0, 0.05) is 24.6 Å². The molecule has 1 fully saturated rings. The minimum absolute atomic E-state index is 0.0665. The molecule has 1 N–H and O–H groups in total. The summed E-state index contributed by atoms with van der Waals surface area (Å²) in [5, 5.41) is 9.01. The van der Waals surface area contributed by atoms with E-state index in [-0.39, 0.29) is 29.9 Å². The first-order valence-corrected chi connectivity index (χ1v) is 7.94. The predicted molar refractivity (Wildman–Crippen MR) is 78.6 cm³/mol. The molecule has 0 aromatic heterocycles. The van der Waals surface area contributed by atoms with E-state index < -0.39 is 17.6 Å². The number of carbonyl (C=O) groups is 2. The van der Waals surface area contributed by atoms with Crippen LogP contribution in [0.3, 0.4) is 0 Å². The Morgan fingerprint density at radius 1 is 1.00 bits per heavy atom. The normalized spacial score (nSPS) is 24.2. The first-order valence-electron chi connectivity index (χ1n) is 7.94. The molecule has 0 saturated heterocycles. The number of hydrogen-bond donors (Lipinski definition) is 1. The lowest BCUT2D eigenvalue weighted by molar-refractivity contribution is -0.146. The van der Waals surface area contributed by atoms with Crippen molar-refractivity contribution >= 4 is 11.9 Å². The number of carboxylic acids is 1. The van der Waals surface area contributed by atoms with Gasteiger partial charge in [-0.1, -0.05) is 0 Å². The number of nitrogens with zero attached hydrogens (tertiary/aromatic N) is 1. The number of rotatable bonds is 2.